The summed E-state index contributed by atoms with van der Waals surface area (Å²) in [6.07, 6.45) is 7.10. The van der Waals surface area contributed by atoms with Gasteiger partial charge in [-0.15, -0.1) is 0 Å². The van der Waals surface area contributed by atoms with Gasteiger partial charge in [-0.1, -0.05) is 26.7 Å². The molecule has 19 heavy (non-hydrogen) atoms. The van der Waals surface area contributed by atoms with Crippen LogP contribution in [0.3, 0.4) is 0 Å². The smallest absolute Gasteiger partial charge is 0.234 e. The highest BCUT2D eigenvalue weighted by Gasteiger charge is 2.20. The van der Waals surface area contributed by atoms with Crippen molar-refractivity contribution >= 4 is 5.91 Å². The van der Waals surface area contributed by atoms with E-state index in [4.69, 9.17) is 5.73 Å². The fraction of sp³-hybridized carbons (Fsp3) is 0.714. The van der Waals surface area contributed by atoms with Gasteiger partial charge >= 0.3 is 0 Å². The normalized spacial score (nSPS) is 18.1. The Bertz CT molecular complexity index is 421. The Labute approximate surface area is 114 Å². The molecular weight excluding hydrogens is 240 g/mol. The summed E-state index contributed by atoms with van der Waals surface area (Å²) in [7, 11) is 0. The Balaban J connectivity index is 1.90. The zero-order chi connectivity index (χ0) is 13.8. The third-order valence-electron chi connectivity index (χ3n) is 3.84. The van der Waals surface area contributed by atoms with Crippen LogP contribution in [0.25, 0.3) is 0 Å². The van der Waals surface area contributed by atoms with Crippen molar-refractivity contribution in [3.05, 3.63) is 18.0 Å². The number of nitrogens with one attached hydrogen (secondary N) is 1. The maximum Gasteiger partial charge on any atom is 0.234 e. The maximum atomic E-state index is 11.3. The summed E-state index contributed by atoms with van der Waals surface area (Å²) in [5.41, 5.74) is 6.35. The highest BCUT2D eigenvalue weighted by atomic mass is 16.1. The number of aromatic nitrogens is 2. The molecule has 0 radical (unpaired) electrons. The van der Waals surface area contributed by atoms with Gasteiger partial charge in [0.15, 0.2) is 0 Å². The minimum Gasteiger partial charge on any atom is -0.368 e. The van der Waals surface area contributed by atoms with Gasteiger partial charge in [0.2, 0.25) is 5.91 Å². The summed E-state index contributed by atoms with van der Waals surface area (Å²) in [6.45, 7) is 4.56. The van der Waals surface area contributed by atoms with E-state index in [9.17, 15) is 4.79 Å². The lowest BCUT2D eigenvalue weighted by atomic mass is 10.0. The summed E-state index contributed by atoms with van der Waals surface area (Å²) in [5, 5.41) is 7.77. The maximum absolute atomic E-state index is 11.3. The van der Waals surface area contributed by atoms with Crippen molar-refractivity contribution in [1.82, 2.24) is 15.1 Å². The largest absolute Gasteiger partial charge is 0.368 e. The number of hydrogen-bond acceptors (Lipinski definition) is 3. The standard InChI is InChI=1S/C14H24N4O/c1-10(2)13(14(15)19)16-9-11-7-8-18(17-11)12-5-3-4-6-12/h7-8,10,12-13,16H,3-6,9H2,1-2H3,(H2,15,19). The summed E-state index contributed by atoms with van der Waals surface area (Å²) in [5.74, 6) is -0.111. The molecule has 1 unspecified atom stereocenters. The van der Waals surface area contributed by atoms with Gasteiger partial charge in [0, 0.05) is 12.7 Å². The fourth-order valence-electron chi connectivity index (χ4n) is 2.72. The molecule has 3 N–H and O–H groups in total. The average molecular weight is 264 g/mol. The molecule has 5 heteroatoms. The number of primary amides is 1. The summed E-state index contributed by atoms with van der Waals surface area (Å²) < 4.78 is 2.07. The molecule has 0 aromatic carbocycles. The van der Waals surface area contributed by atoms with E-state index in [0.29, 0.717) is 12.6 Å². The van der Waals surface area contributed by atoms with Gasteiger partial charge in [0.1, 0.15) is 0 Å². The Hall–Kier alpha value is -1.36. The lowest BCUT2D eigenvalue weighted by Crippen LogP contribution is -2.44. The first-order valence-electron chi connectivity index (χ1n) is 7.14. The van der Waals surface area contributed by atoms with Crippen LogP contribution < -0.4 is 11.1 Å². The first-order chi connectivity index (χ1) is 9.08. The van der Waals surface area contributed by atoms with Crippen LogP contribution in [0.2, 0.25) is 0 Å². The van der Waals surface area contributed by atoms with E-state index in [2.05, 4.69) is 15.1 Å². The second kappa shape index (κ2) is 6.19. The second-order valence-corrected chi connectivity index (χ2v) is 5.73. The number of carbonyl (C=O) groups is 1. The second-order valence-electron chi connectivity index (χ2n) is 5.73. The highest BCUT2D eigenvalue weighted by molar-refractivity contribution is 5.80. The number of hydrogen-bond donors (Lipinski definition) is 2. The molecule has 1 aliphatic carbocycles. The van der Waals surface area contributed by atoms with Gasteiger partial charge in [0.25, 0.3) is 0 Å². The fourth-order valence-corrected chi connectivity index (χ4v) is 2.72. The molecule has 1 aliphatic rings. The molecular formula is C14H24N4O. The van der Waals surface area contributed by atoms with Crippen LogP contribution in [0.4, 0.5) is 0 Å². The lowest BCUT2D eigenvalue weighted by Gasteiger charge is -2.18. The van der Waals surface area contributed by atoms with Crippen molar-refractivity contribution in [3.8, 4) is 0 Å². The first-order valence-corrected chi connectivity index (χ1v) is 7.14. The molecule has 1 heterocycles. The lowest BCUT2D eigenvalue weighted by molar-refractivity contribution is -0.121. The Kier molecular flexibility index (Phi) is 4.58. The van der Waals surface area contributed by atoms with Gasteiger partial charge in [0.05, 0.1) is 17.8 Å². The number of amides is 1. The number of carbonyl (C=O) groups excluding carboxylic acids is 1. The van der Waals surface area contributed by atoms with E-state index >= 15 is 0 Å². The molecule has 1 atom stereocenters. The predicted octanol–water partition coefficient (Wildman–Crippen LogP) is 1.60. The molecule has 5 nitrogen and oxygen atoms in total. The van der Waals surface area contributed by atoms with Gasteiger partial charge in [-0.25, -0.2) is 0 Å². The molecule has 1 aromatic heterocycles. The zero-order valence-electron chi connectivity index (χ0n) is 11.8. The van der Waals surface area contributed by atoms with Crippen molar-refractivity contribution in [3.63, 3.8) is 0 Å². The minimum absolute atomic E-state index is 0.189. The van der Waals surface area contributed by atoms with Crippen molar-refractivity contribution < 1.29 is 4.79 Å². The van der Waals surface area contributed by atoms with E-state index in [1.807, 2.05) is 26.1 Å². The van der Waals surface area contributed by atoms with E-state index < -0.39 is 0 Å². The highest BCUT2D eigenvalue weighted by Crippen LogP contribution is 2.28. The van der Waals surface area contributed by atoms with Crippen LogP contribution in [0, 0.1) is 5.92 Å². The molecule has 1 aromatic rings. The van der Waals surface area contributed by atoms with Crippen LogP contribution >= 0.6 is 0 Å². The van der Waals surface area contributed by atoms with Gasteiger partial charge in [-0.2, -0.15) is 5.10 Å². The van der Waals surface area contributed by atoms with Crippen LogP contribution in [0.15, 0.2) is 12.3 Å². The van der Waals surface area contributed by atoms with Gasteiger partial charge < -0.3 is 5.73 Å². The van der Waals surface area contributed by atoms with Gasteiger partial charge in [-0.3, -0.25) is 14.8 Å². The average Bonchev–Trinajstić information content (AvgIpc) is 2.98. The molecule has 0 aliphatic heterocycles. The third-order valence-corrected chi connectivity index (χ3v) is 3.84. The zero-order valence-corrected chi connectivity index (χ0v) is 11.8. The quantitative estimate of drug-likeness (QED) is 0.819. The summed E-state index contributed by atoms with van der Waals surface area (Å²) in [4.78, 5) is 11.3. The molecule has 1 fully saturated rings. The number of nitrogens with two attached hydrogens (primary N) is 1. The van der Waals surface area contributed by atoms with Crippen LogP contribution in [0.5, 0.6) is 0 Å². The van der Waals surface area contributed by atoms with E-state index in [1.165, 1.54) is 25.7 Å². The van der Waals surface area contributed by atoms with Crippen LogP contribution in [-0.2, 0) is 11.3 Å². The number of nitrogens with zero attached hydrogens (tertiary/aromatic N) is 2. The molecule has 0 spiro atoms. The Morgan fingerprint density at radius 3 is 2.79 bits per heavy atom. The third kappa shape index (κ3) is 3.56. The van der Waals surface area contributed by atoms with E-state index in [-0.39, 0.29) is 17.9 Å². The molecule has 2 rings (SSSR count). The molecule has 106 valence electrons. The van der Waals surface area contributed by atoms with Crippen LogP contribution in [-0.4, -0.2) is 21.7 Å². The Morgan fingerprint density at radius 2 is 2.21 bits per heavy atom. The van der Waals surface area contributed by atoms with Gasteiger partial charge in [-0.05, 0) is 24.8 Å². The molecule has 1 saturated carbocycles. The number of rotatable bonds is 6. The van der Waals surface area contributed by atoms with Crippen LogP contribution in [0.1, 0.15) is 51.3 Å². The summed E-state index contributed by atoms with van der Waals surface area (Å²) in [6, 6.07) is 2.28. The molecule has 0 saturated heterocycles. The molecule has 0 bridgehead atoms. The van der Waals surface area contributed by atoms with E-state index in [1.54, 1.807) is 0 Å². The van der Waals surface area contributed by atoms with Crippen molar-refractivity contribution in [2.24, 2.45) is 11.7 Å². The monoisotopic (exact) mass is 264 g/mol. The molecule has 1 amide bonds. The summed E-state index contributed by atoms with van der Waals surface area (Å²) >= 11 is 0. The Morgan fingerprint density at radius 1 is 1.53 bits per heavy atom. The van der Waals surface area contributed by atoms with E-state index in [0.717, 1.165) is 5.69 Å². The topological polar surface area (TPSA) is 72.9 Å². The van der Waals surface area contributed by atoms with Crippen molar-refractivity contribution in [2.45, 2.75) is 58.2 Å². The van der Waals surface area contributed by atoms with Crippen molar-refractivity contribution in [2.75, 3.05) is 0 Å². The first kappa shape index (κ1) is 14.1. The van der Waals surface area contributed by atoms with Crippen molar-refractivity contribution in [1.29, 1.82) is 0 Å². The SMILES string of the molecule is CC(C)C(NCc1ccn(C2CCCC2)n1)C(N)=O. The minimum atomic E-state index is -0.301. The predicted molar refractivity (Wildman–Crippen MR) is 74.4 cm³/mol.